The van der Waals surface area contributed by atoms with Crippen LogP contribution in [0.3, 0.4) is 0 Å². The van der Waals surface area contributed by atoms with Crippen molar-refractivity contribution < 1.29 is 4.74 Å². The van der Waals surface area contributed by atoms with Gasteiger partial charge in [-0.1, -0.05) is 29.8 Å². The highest BCUT2D eigenvalue weighted by atomic mass is 16.5. The van der Waals surface area contributed by atoms with Crippen molar-refractivity contribution >= 4 is 10.8 Å². The minimum Gasteiger partial charge on any atom is -0.489 e. The van der Waals surface area contributed by atoms with E-state index in [1.54, 1.807) is 10.8 Å². The Bertz CT molecular complexity index is 867. The third-order valence-corrected chi connectivity index (χ3v) is 3.84. The van der Waals surface area contributed by atoms with Crippen molar-refractivity contribution in [2.45, 2.75) is 20.1 Å². The summed E-state index contributed by atoms with van der Waals surface area (Å²) in [6, 6.07) is 15.7. The van der Waals surface area contributed by atoms with Crippen LogP contribution in [0, 0.1) is 6.92 Å². The van der Waals surface area contributed by atoms with E-state index in [1.165, 1.54) is 5.56 Å². The lowest BCUT2D eigenvalue weighted by atomic mass is 10.1. The number of fused-ring (bicyclic) bond motifs is 1. The van der Waals surface area contributed by atoms with E-state index in [0.717, 1.165) is 16.7 Å². The van der Waals surface area contributed by atoms with Crippen LogP contribution in [0.4, 0.5) is 0 Å². The van der Waals surface area contributed by atoms with Gasteiger partial charge in [0.25, 0.3) is 5.56 Å². The summed E-state index contributed by atoms with van der Waals surface area (Å²) in [5.41, 5.74) is 7.86. The molecule has 2 aromatic carbocycles. The number of aromatic nitrogens is 1. The van der Waals surface area contributed by atoms with Gasteiger partial charge in [-0.3, -0.25) is 4.79 Å². The van der Waals surface area contributed by atoms with Gasteiger partial charge >= 0.3 is 0 Å². The van der Waals surface area contributed by atoms with Crippen LogP contribution in [-0.2, 0) is 13.2 Å². The molecule has 0 atom stereocenters. The molecule has 0 amide bonds. The van der Waals surface area contributed by atoms with Crippen LogP contribution in [0.5, 0.6) is 5.75 Å². The summed E-state index contributed by atoms with van der Waals surface area (Å²) >= 11 is 0. The van der Waals surface area contributed by atoms with E-state index in [9.17, 15) is 4.79 Å². The Morgan fingerprint density at radius 2 is 1.87 bits per heavy atom. The number of nitrogens with zero attached hydrogens (tertiary/aromatic N) is 1. The van der Waals surface area contributed by atoms with Crippen LogP contribution in [0.25, 0.3) is 10.8 Å². The van der Waals surface area contributed by atoms with Crippen molar-refractivity contribution in [2.24, 2.45) is 5.73 Å². The fraction of sp³-hybridized carbons (Fsp3) is 0.211. The number of rotatable bonds is 5. The van der Waals surface area contributed by atoms with Crippen LogP contribution < -0.4 is 16.0 Å². The maximum absolute atomic E-state index is 12.3. The molecule has 0 fully saturated rings. The van der Waals surface area contributed by atoms with Gasteiger partial charge in [-0.25, -0.2) is 0 Å². The fourth-order valence-electron chi connectivity index (χ4n) is 2.52. The van der Waals surface area contributed by atoms with Crippen molar-refractivity contribution in [3.63, 3.8) is 0 Å². The summed E-state index contributed by atoms with van der Waals surface area (Å²) in [5, 5.41) is 1.56. The van der Waals surface area contributed by atoms with Gasteiger partial charge in [0.15, 0.2) is 0 Å². The van der Waals surface area contributed by atoms with Crippen LogP contribution >= 0.6 is 0 Å². The van der Waals surface area contributed by atoms with Crippen LogP contribution in [-0.4, -0.2) is 11.1 Å². The number of nitrogens with two attached hydrogens (primary N) is 1. The summed E-state index contributed by atoms with van der Waals surface area (Å²) in [6.07, 6.45) is 1.78. The van der Waals surface area contributed by atoms with E-state index in [4.69, 9.17) is 10.5 Å². The van der Waals surface area contributed by atoms with Crippen LogP contribution in [0.15, 0.2) is 59.5 Å². The molecule has 0 spiro atoms. The topological polar surface area (TPSA) is 57.2 Å². The molecule has 0 saturated carbocycles. The predicted octanol–water partition coefficient (Wildman–Crippen LogP) is 2.85. The molecule has 0 saturated heterocycles. The lowest BCUT2D eigenvalue weighted by Crippen LogP contribution is -2.23. The molecule has 2 N–H and O–H groups in total. The summed E-state index contributed by atoms with van der Waals surface area (Å²) in [4.78, 5) is 12.3. The van der Waals surface area contributed by atoms with E-state index < -0.39 is 0 Å². The van der Waals surface area contributed by atoms with Crippen molar-refractivity contribution in [1.29, 1.82) is 0 Å². The third-order valence-electron chi connectivity index (χ3n) is 3.84. The van der Waals surface area contributed by atoms with Crippen LogP contribution in [0.2, 0.25) is 0 Å². The summed E-state index contributed by atoms with van der Waals surface area (Å²) in [5.74, 6) is 0.758. The highest BCUT2D eigenvalue weighted by Gasteiger charge is 2.04. The first kappa shape index (κ1) is 15.3. The Balaban J connectivity index is 1.81. The molecular formula is C19H20N2O2. The average Bonchev–Trinajstić information content (AvgIpc) is 2.57. The zero-order valence-electron chi connectivity index (χ0n) is 13.2. The third kappa shape index (κ3) is 3.43. The molecule has 0 aliphatic carbocycles. The molecule has 23 heavy (non-hydrogen) atoms. The predicted molar refractivity (Wildman–Crippen MR) is 92.8 cm³/mol. The summed E-state index contributed by atoms with van der Waals surface area (Å²) < 4.78 is 7.46. The van der Waals surface area contributed by atoms with Gasteiger partial charge < -0.3 is 15.0 Å². The molecule has 1 aromatic heterocycles. The van der Waals surface area contributed by atoms with Gasteiger partial charge in [0.05, 0.1) is 0 Å². The van der Waals surface area contributed by atoms with Crippen molar-refractivity contribution in [3.05, 3.63) is 76.2 Å². The quantitative estimate of drug-likeness (QED) is 0.788. The Kier molecular flexibility index (Phi) is 4.44. The molecular weight excluding hydrogens is 288 g/mol. The van der Waals surface area contributed by atoms with Gasteiger partial charge in [0.2, 0.25) is 0 Å². The summed E-state index contributed by atoms with van der Waals surface area (Å²) in [7, 11) is 0. The normalized spacial score (nSPS) is 10.9. The second-order valence-corrected chi connectivity index (χ2v) is 5.63. The van der Waals surface area contributed by atoms with E-state index >= 15 is 0 Å². The van der Waals surface area contributed by atoms with Gasteiger partial charge in [0.1, 0.15) is 12.4 Å². The van der Waals surface area contributed by atoms with Crippen molar-refractivity contribution in [1.82, 2.24) is 4.57 Å². The second kappa shape index (κ2) is 6.67. The molecule has 0 aliphatic rings. The van der Waals surface area contributed by atoms with Gasteiger partial charge in [-0.2, -0.15) is 0 Å². The van der Waals surface area contributed by atoms with Crippen molar-refractivity contribution in [2.75, 3.05) is 6.54 Å². The van der Waals surface area contributed by atoms with Gasteiger partial charge in [0, 0.05) is 24.7 Å². The zero-order chi connectivity index (χ0) is 16.2. The molecule has 1 heterocycles. The molecule has 0 bridgehead atoms. The minimum atomic E-state index is -0.0157. The Morgan fingerprint density at radius 3 is 2.61 bits per heavy atom. The number of hydrogen-bond acceptors (Lipinski definition) is 3. The first-order chi connectivity index (χ1) is 11.2. The highest BCUT2D eigenvalue weighted by molar-refractivity contribution is 5.82. The lowest BCUT2D eigenvalue weighted by Gasteiger charge is -2.09. The average molecular weight is 308 g/mol. The zero-order valence-corrected chi connectivity index (χ0v) is 13.2. The largest absolute Gasteiger partial charge is 0.489 e. The Labute approximate surface area is 135 Å². The SMILES string of the molecule is Cc1ccc(COc2ccc3c(=O)n(CCN)ccc3c2)cc1. The van der Waals surface area contributed by atoms with Gasteiger partial charge in [-0.15, -0.1) is 0 Å². The number of benzene rings is 2. The maximum atomic E-state index is 12.3. The molecule has 0 unspecified atom stereocenters. The molecule has 4 heteroatoms. The van der Waals surface area contributed by atoms with Gasteiger partial charge in [-0.05, 0) is 42.1 Å². The second-order valence-electron chi connectivity index (χ2n) is 5.63. The molecule has 0 aliphatic heterocycles. The monoisotopic (exact) mass is 308 g/mol. The van der Waals surface area contributed by atoms with Crippen LogP contribution in [0.1, 0.15) is 11.1 Å². The number of pyridine rings is 1. The molecule has 3 aromatic rings. The Morgan fingerprint density at radius 1 is 1.09 bits per heavy atom. The Hall–Kier alpha value is -2.59. The minimum absolute atomic E-state index is 0.0157. The molecule has 4 nitrogen and oxygen atoms in total. The van der Waals surface area contributed by atoms with E-state index in [-0.39, 0.29) is 5.56 Å². The smallest absolute Gasteiger partial charge is 0.258 e. The molecule has 118 valence electrons. The maximum Gasteiger partial charge on any atom is 0.258 e. The number of hydrogen-bond donors (Lipinski definition) is 1. The first-order valence-electron chi connectivity index (χ1n) is 7.69. The van der Waals surface area contributed by atoms with E-state index in [1.807, 2.05) is 24.3 Å². The number of aryl methyl sites for hydroxylation is 1. The van der Waals surface area contributed by atoms with E-state index in [0.29, 0.717) is 25.1 Å². The van der Waals surface area contributed by atoms with Crippen molar-refractivity contribution in [3.8, 4) is 5.75 Å². The number of ether oxygens (including phenoxy) is 1. The summed E-state index contributed by atoms with van der Waals surface area (Å²) in [6.45, 7) is 3.55. The highest BCUT2D eigenvalue weighted by Crippen LogP contribution is 2.19. The first-order valence-corrected chi connectivity index (χ1v) is 7.69. The molecule has 0 radical (unpaired) electrons. The van der Waals surface area contributed by atoms with E-state index in [2.05, 4.69) is 31.2 Å². The standard InChI is InChI=1S/C19H20N2O2/c1-14-2-4-15(5-3-14)13-23-17-6-7-18-16(12-17)8-10-21(11-9-20)19(18)22/h2-8,10,12H,9,11,13,20H2,1H3. The fourth-order valence-corrected chi connectivity index (χ4v) is 2.52. The lowest BCUT2D eigenvalue weighted by molar-refractivity contribution is 0.306. The molecule has 3 rings (SSSR count).